The summed E-state index contributed by atoms with van der Waals surface area (Å²) in [5.74, 6) is -1.07. The molecule has 3 N–H and O–H groups in total. The summed E-state index contributed by atoms with van der Waals surface area (Å²) in [5.41, 5.74) is 1.54. The van der Waals surface area contributed by atoms with E-state index in [-0.39, 0.29) is 17.9 Å². The van der Waals surface area contributed by atoms with Crippen LogP contribution in [0, 0.1) is 0 Å². The molecule has 174 valence electrons. The highest BCUT2D eigenvalue weighted by Gasteiger charge is 2.26. The molecule has 1 atom stereocenters. The van der Waals surface area contributed by atoms with Crippen molar-refractivity contribution in [1.29, 1.82) is 0 Å². The summed E-state index contributed by atoms with van der Waals surface area (Å²) in [6, 6.07) is 23.2. The number of hydrogen-bond donors (Lipinski definition) is 3. The van der Waals surface area contributed by atoms with Gasteiger partial charge in [0.1, 0.15) is 6.04 Å². The summed E-state index contributed by atoms with van der Waals surface area (Å²) in [6.07, 6.45) is 0.123. The number of rotatable bonds is 9. The molecule has 0 spiro atoms. The molecule has 0 unspecified atom stereocenters. The maximum Gasteiger partial charge on any atom is 0.245 e. The number of sulfonamides is 1. The van der Waals surface area contributed by atoms with Crippen molar-refractivity contribution in [3.8, 4) is 0 Å². The maximum atomic E-state index is 12.9. The Morgan fingerprint density at radius 3 is 2.24 bits per heavy atom. The first kappa shape index (κ1) is 23.6. The van der Waals surface area contributed by atoms with Crippen LogP contribution in [0.15, 0.2) is 89.8 Å². The van der Waals surface area contributed by atoms with Crippen molar-refractivity contribution in [1.82, 2.24) is 15.0 Å². The smallest absolute Gasteiger partial charge is 0.245 e. The van der Waals surface area contributed by atoms with E-state index in [4.69, 9.17) is 0 Å². The number of amides is 2. The fraction of sp³-hybridized carbons (Fsp3) is 0.125. The lowest BCUT2D eigenvalue weighted by Gasteiger charge is -2.18. The highest BCUT2D eigenvalue weighted by molar-refractivity contribution is 7.89. The molecule has 0 saturated heterocycles. The molecule has 0 aliphatic rings. The van der Waals surface area contributed by atoms with E-state index in [9.17, 15) is 18.0 Å². The fourth-order valence-corrected chi connectivity index (χ4v) is 5.37. The molecule has 3 aromatic carbocycles. The highest BCUT2D eigenvalue weighted by Crippen LogP contribution is 2.25. The monoisotopic (exact) mass is 494 g/mol. The Morgan fingerprint density at radius 2 is 1.53 bits per heavy atom. The molecule has 4 rings (SSSR count). The molecule has 0 radical (unpaired) electrons. The van der Waals surface area contributed by atoms with Gasteiger partial charge in [0.05, 0.1) is 21.7 Å². The van der Waals surface area contributed by atoms with E-state index in [2.05, 4.69) is 20.3 Å². The van der Waals surface area contributed by atoms with Crippen LogP contribution < -0.4 is 15.4 Å². The molecule has 0 bridgehead atoms. The second-order valence-corrected chi connectivity index (χ2v) is 10.2. The standard InChI is InChI=1S/C24H22N4O4S2/c29-22(27-24-26-19-13-7-8-14-21(19)33-24)16-25-23(30)20(15-17-9-3-1-4-10-17)28-34(31,32)18-11-5-2-6-12-18/h1-14,20,28H,15-16H2,(H,25,30)(H,26,27,29)/t20-/m0/s1. The lowest BCUT2D eigenvalue weighted by molar-refractivity contribution is -0.125. The van der Waals surface area contributed by atoms with Gasteiger partial charge in [-0.3, -0.25) is 9.59 Å². The van der Waals surface area contributed by atoms with Crippen LogP contribution in [0.4, 0.5) is 5.13 Å². The number of benzene rings is 3. The van der Waals surface area contributed by atoms with Crippen LogP contribution in [-0.4, -0.2) is 37.8 Å². The van der Waals surface area contributed by atoms with Gasteiger partial charge in [-0.25, -0.2) is 13.4 Å². The van der Waals surface area contributed by atoms with Crippen LogP contribution in [0.3, 0.4) is 0 Å². The molecular formula is C24H22N4O4S2. The molecule has 8 nitrogen and oxygen atoms in total. The number of hydrogen-bond acceptors (Lipinski definition) is 6. The van der Waals surface area contributed by atoms with Gasteiger partial charge in [-0.05, 0) is 36.2 Å². The van der Waals surface area contributed by atoms with Gasteiger partial charge in [-0.2, -0.15) is 4.72 Å². The zero-order valence-corrected chi connectivity index (χ0v) is 19.6. The number of thiazole rings is 1. The van der Waals surface area contributed by atoms with Gasteiger partial charge in [-0.1, -0.05) is 72.0 Å². The predicted molar refractivity (Wildman–Crippen MR) is 132 cm³/mol. The first-order valence-electron chi connectivity index (χ1n) is 10.5. The molecule has 0 saturated carbocycles. The molecule has 1 aromatic heterocycles. The Balaban J connectivity index is 1.43. The van der Waals surface area contributed by atoms with E-state index in [1.165, 1.54) is 23.5 Å². The average Bonchev–Trinajstić information content (AvgIpc) is 3.25. The largest absolute Gasteiger partial charge is 0.346 e. The van der Waals surface area contributed by atoms with Crippen LogP contribution >= 0.6 is 11.3 Å². The normalized spacial score (nSPS) is 12.2. The van der Waals surface area contributed by atoms with Gasteiger partial charge >= 0.3 is 0 Å². The van der Waals surface area contributed by atoms with Gasteiger partial charge in [-0.15, -0.1) is 0 Å². The third-order valence-corrected chi connectivity index (χ3v) is 7.35. The molecule has 0 aliphatic carbocycles. The summed E-state index contributed by atoms with van der Waals surface area (Å²) in [5, 5.41) is 5.62. The minimum absolute atomic E-state index is 0.0504. The first-order chi connectivity index (χ1) is 16.4. The Kier molecular flexibility index (Phi) is 7.31. The van der Waals surface area contributed by atoms with Crippen molar-refractivity contribution >= 4 is 48.5 Å². The van der Waals surface area contributed by atoms with Crippen LogP contribution in [0.5, 0.6) is 0 Å². The molecule has 2 amide bonds. The number of carbonyl (C=O) groups is 2. The third-order valence-electron chi connectivity index (χ3n) is 4.91. The van der Waals surface area contributed by atoms with E-state index in [1.807, 2.05) is 30.3 Å². The number of nitrogens with zero attached hydrogens (tertiary/aromatic N) is 1. The molecule has 0 fully saturated rings. The van der Waals surface area contributed by atoms with Crippen molar-refractivity contribution in [2.45, 2.75) is 17.4 Å². The summed E-state index contributed by atoms with van der Waals surface area (Å²) < 4.78 is 29.0. The number of nitrogens with one attached hydrogen (secondary N) is 3. The Bertz CT molecular complexity index is 1360. The molecule has 10 heteroatoms. The highest BCUT2D eigenvalue weighted by atomic mass is 32.2. The van der Waals surface area contributed by atoms with Crippen LogP contribution in [0.25, 0.3) is 10.2 Å². The van der Waals surface area contributed by atoms with Gasteiger partial charge in [0, 0.05) is 0 Å². The Hall–Kier alpha value is -3.60. The zero-order valence-electron chi connectivity index (χ0n) is 18.0. The minimum atomic E-state index is -3.95. The zero-order chi connectivity index (χ0) is 24.0. The number of anilines is 1. The van der Waals surface area contributed by atoms with E-state index in [0.29, 0.717) is 5.13 Å². The fourth-order valence-electron chi connectivity index (χ4n) is 3.27. The van der Waals surface area contributed by atoms with Crippen molar-refractivity contribution in [3.63, 3.8) is 0 Å². The van der Waals surface area contributed by atoms with Crippen molar-refractivity contribution < 1.29 is 18.0 Å². The van der Waals surface area contributed by atoms with Crippen LogP contribution in [0.1, 0.15) is 5.56 Å². The topological polar surface area (TPSA) is 117 Å². The van der Waals surface area contributed by atoms with Crippen LogP contribution in [0.2, 0.25) is 0 Å². The second-order valence-electron chi connectivity index (χ2n) is 7.43. The van der Waals surface area contributed by atoms with Crippen molar-refractivity contribution in [2.75, 3.05) is 11.9 Å². The van der Waals surface area contributed by atoms with E-state index < -0.39 is 27.9 Å². The lowest BCUT2D eigenvalue weighted by Crippen LogP contribution is -2.49. The SMILES string of the molecule is O=C(CNC(=O)[C@H](Cc1ccccc1)NS(=O)(=O)c1ccccc1)Nc1nc2ccccc2s1. The van der Waals surface area contributed by atoms with Gasteiger partial charge in [0.15, 0.2) is 5.13 Å². The number of carbonyl (C=O) groups excluding carboxylic acids is 2. The third kappa shape index (κ3) is 6.04. The summed E-state index contributed by atoms with van der Waals surface area (Å²) in [7, 11) is -3.95. The number of fused-ring (bicyclic) bond motifs is 1. The minimum Gasteiger partial charge on any atom is -0.346 e. The Morgan fingerprint density at radius 1 is 0.882 bits per heavy atom. The van der Waals surface area contributed by atoms with E-state index in [1.54, 1.807) is 42.5 Å². The molecule has 34 heavy (non-hydrogen) atoms. The molecule has 4 aromatic rings. The molecule has 0 aliphatic heterocycles. The Labute approximate surface area is 201 Å². The molecule has 1 heterocycles. The van der Waals surface area contributed by atoms with Crippen LogP contribution in [-0.2, 0) is 26.0 Å². The maximum absolute atomic E-state index is 12.9. The summed E-state index contributed by atoms with van der Waals surface area (Å²) >= 11 is 1.33. The average molecular weight is 495 g/mol. The summed E-state index contributed by atoms with van der Waals surface area (Å²) in [6.45, 7) is -0.326. The van der Waals surface area contributed by atoms with E-state index >= 15 is 0 Å². The summed E-state index contributed by atoms with van der Waals surface area (Å²) in [4.78, 5) is 29.7. The van der Waals surface area contributed by atoms with Crippen molar-refractivity contribution in [3.05, 3.63) is 90.5 Å². The predicted octanol–water partition coefficient (Wildman–Crippen LogP) is 2.94. The van der Waals surface area contributed by atoms with Gasteiger partial charge in [0.25, 0.3) is 0 Å². The van der Waals surface area contributed by atoms with Gasteiger partial charge < -0.3 is 10.6 Å². The number of aromatic nitrogens is 1. The molecular weight excluding hydrogens is 472 g/mol. The van der Waals surface area contributed by atoms with Crippen molar-refractivity contribution in [2.24, 2.45) is 0 Å². The quantitative estimate of drug-likeness (QED) is 0.331. The lowest BCUT2D eigenvalue weighted by atomic mass is 10.1. The second kappa shape index (κ2) is 10.6. The number of para-hydroxylation sites is 1. The van der Waals surface area contributed by atoms with E-state index in [0.717, 1.165) is 15.8 Å². The van der Waals surface area contributed by atoms with Gasteiger partial charge in [0.2, 0.25) is 21.8 Å². The first-order valence-corrected chi connectivity index (χ1v) is 12.7.